The smallest absolute Gasteiger partial charge is 0.248 e. The normalized spacial score (nSPS) is 22.4. The number of H-pyrrole nitrogens is 1. The molecule has 2 aromatic carbocycles. The number of rotatable bonds is 3. The van der Waals surface area contributed by atoms with Gasteiger partial charge < -0.3 is 14.8 Å². The van der Waals surface area contributed by atoms with Crippen molar-refractivity contribution in [2.75, 3.05) is 12.0 Å². The Morgan fingerprint density at radius 2 is 1.90 bits per heavy atom. The largest absolute Gasteiger partial charge is 0.504 e. The third-order valence-electron chi connectivity index (χ3n) is 5.47. The summed E-state index contributed by atoms with van der Waals surface area (Å²) in [6.45, 7) is 0. The third kappa shape index (κ3) is 3.32. The Hall–Kier alpha value is -2.14. The summed E-state index contributed by atoms with van der Waals surface area (Å²) in [5.74, 6) is -1.13. The van der Waals surface area contributed by atoms with Crippen LogP contribution in [0.2, 0.25) is 0 Å². The van der Waals surface area contributed by atoms with E-state index < -0.39 is 11.2 Å². The fraction of sp³-hybridized carbons (Fsp3) is 0.190. The van der Waals surface area contributed by atoms with Gasteiger partial charge in [0.2, 0.25) is 11.8 Å². The summed E-state index contributed by atoms with van der Waals surface area (Å²) < 4.78 is 6.75. The highest BCUT2D eigenvalue weighted by molar-refractivity contribution is 9.10. The van der Waals surface area contributed by atoms with Gasteiger partial charge in [0.1, 0.15) is 5.25 Å². The van der Waals surface area contributed by atoms with Gasteiger partial charge in [-0.3, -0.25) is 9.59 Å². The Morgan fingerprint density at radius 1 is 1.16 bits per heavy atom. The number of thiazole rings is 1. The number of aromatic nitrogens is 1. The second kappa shape index (κ2) is 7.77. The lowest BCUT2D eigenvalue weighted by molar-refractivity contribution is -0.122. The molecule has 1 aromatic heterocycles. The van der Waals surface area contributed by atoms with Crippen LogP contribution >= 0.6 is 51.2 Å². The first-order valence-corrected chi connectivity index (χ1v) is 12.2. The predicted molar refractivity (Wildman–Crippen MR) is 126 cm³/mol. The highest BCUT2D eigenvalue weighted by Crippen LogP contribution is 2.54. The van der Waals surface area contributed by atoms with Gasteiger partial charge in [-0.1, -0.05) is 33.8 Å². The minimum Gasteiger partial charge on any atom is -0.504 e. The quantitative estimate of drug-likeness (QED) is 0.360. The lowest BCUT2D eigenvalue weighted by Gasteiger charge is -2.30. The van der Waals surface area contributed by atoms with Crippen LogP contribution in [0.3, 0.4) is 0 Å². The summed E-state index contributed by atoms with van der Waals surface area (Å²) in [6, 6.07) is 12.2. The van der Waals surface area contributed by atoms with Crippen molar-refractivity contribution in [3.8, 4) is 11.5 Å². The maximum Gasteiger partial charge on any atom is 0.248 e. The first-order chi connectivity index (χ1) is 14.9. The zero-order valence-electron chi connectivity index (χ0n) is 16.0. The first kappa shape index (κ1) is 20.7. The highest BCUT2D eigenvalue weighted by atomic mass is 79.9. The Kier molecular flexibility index (Phi) is 5.20. The van der Waals surface area contributed by atoms with Crippen LogP contribution in [-0.4, -0.2) is 34.3 Å². The molecular formula is C21H15BrN2O4S3. The van der Waals surface area contributed by atoms with Crippen LogP contribution in [0.15, 0.2) is 52.0 Å². The zero-order chi connectivity index (χ0) is 21.9. The second-order valence-electron chi connectivity index (χ2n) is 7.17. The van der Waals surface area contributed by atoms with E-state index in [9.17, 15) is 14.7 Å². The topological polar surface area (TPSA) is 82.6 Å². The predicted octanol–water partition coefficient (Wildman–Crippen LogP) is 5.08. The molecule has 2 aliphatic rings. The molecular weight excluding hydrogens is 520 g/mol. The van der Waals surface area contributed by atoms with E-state index in [1.807, 2.05) is 0 Å². The van der Waals surface area contributed by atoms with Crippen LogP contribution in [0, 0.1) is 9.87 Å². The van der Waals surface area contributed by atoms with Gasteiger partial charge in [0, 0.05) is 15.3 Å². The van der Waals surface area contributed by atoms with E-state index in [4.69, 9.17) is 17.0 Å². The van der Waals surface area contributed by atoms with Crippen LogP contribution in [0.5, 0.6) is 11.5 Å². The van der Waals surface area contributed by atoms with Crippen molar-refractivity contribution in [3.63, 3.8) is 0 Å². The van der Waals surface area contributed by atoms with E-state index in [1.54, 1.807) is 42.5 Å². The Bertz CT molecular complexity index is 1270. The van der Waals surface area contributed by atoms with Crippen LogP contribution in [-0.2, 0) is 9.59 Å². The molecule has 0 bridgehead atoms. The van der Waals surface area contributed by atoms with Crippen molar-refractivity contribution < 1.29 is 19.4 Å². The van der Waals surface area contributed by atoms with Crippen molar-refractivity contribution >= 4 is 68.7 Å². The van der Waals surface area contributed by atoms with Crippen LogP contribution < -0.4 is 9.64 Å². The van der Waals surface area contributed by atoms with Gasteiger partial charge in [0.05, 0.1) is 23.7 Å². The Labute approximate surface area is 199 Å². The number of carbonyl (C=O) groups excluding carboxylic acids is 2. The molecule has 3 aromatic rings. The average molecular weight is 535 g/mol. The molecule has 0 unspecified atom stereocenters. The SMILES string of the molecule is COc1cc([C@@H]2c3sc(=S)[nH]c3S[C@@H]3C(=O)N(c4ccc(Br)cc4)C(=O)[C@H]23)ccc1O. The van der Waals surface area contributed by atoms with Crippen molar-refractivity contribution in [1.29, 1.82) is 0 Å². The molecule has 0 radical (unpaired) electrons. The Balaban J connectivity index is 1.66. The van der Waals surface area contributed by atoms with E-state index in [0.29, 0.717) is 15.4 Å². The van der Waals surface area contributed by atoms with Gasteiger partial charge in [-0.2, -0.15) is 0 Å². The summed E-state index contributed by atoms with van der Waals surface area (Å²) in [5, 5.41) is 10.3. The van der Waals surface area contributed by atoms with Gasteiger partial charge in [0.15, 0.2) is 15.5 Å². The summed E-state index contributed by atoms with van der Waals surface area (Å²) in [4.78, 5) is 32.4. The number of benzene rings is 2. The van der Waals surface area contributed by atoms with Gasteiger partial charge >= 0.3 is 0 Å². The molecule has 0 saturated carbocycles. The van der Waals surface area contributed by atoms with Crippen molar-refractivity contribution in [2.45, 2.75) is 16.2 Å². The number of thioether (sulfide) groups is 1. The molecule has 6 nitrogen and oxygen atoms in total. The molecule has 2 aliphatic heterocycles. The third-order valence-corrected chi connectivity index (χ3v) is 8.75. The molecule has 3 atom stereocenters. The van der Waals surface area contributed by atoms with Crippen molar-refractivity contribution in [3.05, 3.63) is 61.3 Å². The summed E-state index contributed by atoms with van der Waals surface area (Å²) in [6.07, 6.45) is 0. The highest BCUT2D eigenvalue weighted by Gasteiger charge is 2.56. The van der Waals surface area contributed by atoms with E-state index in [-0.39, 0.29) is 23.5 Å². The number of imide groups is 1. The molecule has 2 N–H and O–H groups in total. The van der Waals surface area contributed by atoms with Crippen LogP contribution in [0.4, 0.5) is 5.69 Å². The van der Waals surface area contributed by atoms with Gasteiger partial charge in [0.25, 0.3) is 0 Å². The lowest BCUT2D eigenvalue weighted by Crippen LogP contribution is -2.32. The lowest BCUT2D eigenvalue weighted by atomic mass is 9.83. The number of phenols is 1. The van der Waals surface area contributed by atoms with Crippen LogP contribution in [0.25, 0.3) is 0 Å². The molecule has 1 fully saturated rings. The molecule has 158 valence electrons. The van der Waals surface area contributed by atoms with E-state index in [2.05, 4.69) is 20.9 Å². The van der Waals surface area contributed by atoms with Gasteiger partial charge in [-0.15, -0.1) is 11.3 Å². The minimum absolute atomic E-state index is 0.0141. The standard InChI is InChI=1S/C21H15BrN2O4S3/c1-28-13-8-9(2-7-12(13)25)14-15-17(30-18-16(14)31-21(29)23-18)20(27)24(19(15)26)11-5-3-10(22)4-6-11/h2-8,14-15,17,25H,1H3,(H,23,29)/t14-,15+,17-/m0/s1. The molecule has 5 rings (SSSR count). The first-order valence-electron chi connectivity index (χ1n) is 9.29. The Morgan fingerprint density at radius 3 is 2.61 bits per heavy atom. The minimum atomic E-state index is -0.593. The van der Waals surface area contributed by atoms with Gasteiger partial charge in [-0.05, 0) is 54.2 Å². The number of nitrogens with zero attached hydrogens (tertiary/aromatic N) is 1. The van der Waals surface area contributed by atoms with Crippen LogP contribution in [0.1, 0.15) is 16.4 Å². The number of carbonyl (C=O) groups is 2. The maximum atomic E-state index is 13.6. The number of aromatic hydroxyl groups is 1. The average Bonchev–Trinajstić information content (AvgIpc) is 3.24. The number of aromatic amines is 1. The number of amides is 2. The number of methoxy groups -OCH3 is 1. The molecule has 0 aliphatic carbocycles. The fourth-order valence-corrected chi connectivity index (χ4v) is 7.33. The number of ether oxygens (including phenoxy) is 1. The second-order valence-corrected chi connectivity index (χ2v) is 11.0. The summed E-state index contributed by atoms with van der Waals surface area (Å²) >= 11 is 11.5. The maximum absolute atomic E-state index is 13.6. The molecule has 1 saturated heterocycles. The number of nitrogens with one attached hydrogen (secondary N) is 1. The number of fused-ring (bicyclic) bond motifs is 2. The number of hydrogen-bond acceptors (Lipinski definition) is 7. The summed E-state index contributed by atoms with van der Waals surface area (Å²) in [7, 11) is 1.48. The number of anilines is 1. The number of halogens is 1. The summed E-state index contributed by atoms with van der Waals surface area (Å²) in [5.41, 5.74) is 1.33. The zero-order valence-corrected chi connectivity index (χ0v) is 20.0. The molecule has 10 heteroatoms. The fourth-order valence-electron chi connectivity index (χ4n) is 4.11. The number of phenolic OH excluding ortho intramolecular Hbond substituents is 1. The monoisotopic (exact) mass is 534 g/mol. The van der Waals surface area contributed by atoms with Crippen molar-refractivity contribution in [2.24, 2.45) is 5.92 Å². The molecule has 2 amide bonds. The molecule has 0 spiro atoms. The van der Waals surface area contributed by atoms with Gasteiger partial charge in [-0.25, -0.2) is 4.90 Å². The number of hydrogen-bond donors (Lipinski definition) is 2. The van der Waals surface area contributed by atoms with E-state index >= 15 is 0 Å². The molecule has 3 heterocycles. The van der Waals surface area contributed by atoms with E-state index in [1.165, 1.54) is 35.1 Å². The molecule has 31 heavy (non-hydrogen) atoms. The van der Waals surface area contributed by atoms with Crippen molar-refractivity contribution in [1.82, 2.24) is 4.98 Å². The van der Waals surface area contributed by atoms with E-state index in [0.717, 1.165) is 19.9 Å².